The van der Waals surface area contributed by atoms with Crippen molar-refractivity contribution >= 4 is 0 Å². The summed E-state index contributed by atoms with van der Waals surface area (Å²) in [6.45, 7) is 15.5. The first kappa shape index (κ1) is 14.9. The minimum atomic E-state index is 0.635. The molecule has 102 valence electrons. The van der Waals surface area contributed by atoms with Gasteiger partial charge in [-0.25, -0.2) is 0 Å². The molecule has 0 bridgehead atoms. The third kappa shape index (κ3) is 5.84. The predicted octanol–water partition coefficient (Wildman–Crippen LogP) is 1.98. The van der Waals surface area contributed by atoms with Crippen molar-refractivity contribution in [3.8, 4) is 0 Å². The van der Waals surface area contributed by atoms with Gasteiger partial charge in [0.2, 0.25) is 0 Å². The molecule has 0 aromatic rings. The molecule has 2 atom stereocenters. The fourth-order valence-corrected chi connectivity index (χ4v) is 2.39. The molecule has 0 radical (unpaired) electrons. The minimum absolute atomic E-state index is 0.635. The standard InChI is InChI=1S/C14H30N2O/c1-5-14-11-17-7-6-16(14)10-13(4)9-15-8-12(2)3/h12-15H,5-11H2,1-4H3. The Labute approximate surface area is 107 Å². The van der Waals surface area contributed by atoms with Gasteiger partial charge in [-0.05, 0) is 31.3 Å². The van der Waals surface area contributed by atoms with Gasteiger partial charge in [-0.1, -0.05) is 27.7 Å². The maximum absolute atomic E-state index is 5.54. The van der Waals surface area contributed by atoms with Gasteiger partial charge >= 0.3 is 0 Å². The maximum Gasteiger partial charge on any atom is 0.0622 e. The molecule has 0 amide bonds. The van der Waals surface area contributed by atoms with Crippen molar-refractivity contribution in [1.82, 2.24) is 10.2 Å². The molecule has 1 aliphatic heterocycles. The predicted molar refractivity (Wildman–Crippen MR) is 73.3 cm³/mol. The average Bonchev–Trinajstić information content (AvgIpc) is 2.29. The van der Waals surface area contributed by atoms with E-state index in [-0.39, 0.29) is 0 Å². The average molecular weight is 242 g/mol. The number of rotatable bonds is 7. The summed E-state index contributed by atoms with van der Waals surface area (Å²) in [6, 6.07) is 0.635. The summed E-state index contributed by atoms with van der Waals surface area (Å²) in [5, 5.41) is 3.55. The van der Waals surface area contributed by atoms with Crippen LogP contribution in [0.25, 0.3) is 0 Å². The van der Waals surface area contributed by atoms with Crippen LogP contribution in [-0.2, 0) is 4.74 Å². The number of ether oxygens (including phenoxy) is 1. The molecule has 0 spiro atoms. The number of hydrogen-bond acceptors (Lipinski definition) is 3. The van der Waals surface area contributed by atoms with Crippen molar-refractivity contribution < 1.29 is 4.74 Å². The van der Waals surface area contributed by atoms with E-state index in [2.05, 4.69) is 37.9 Å². The molecule has 3 nitrogen and oxygen atoms in total. The largest absolute Gasteiger partial charge is 0.378 e. The Hall–Kier alpha value is -0.120. The number of hydrogen-bond donors (Lipinski definition) is 1. The van der Waals surface area contributed by atoms with Crippen molar-refractivity contribution in [2.75, 3.05) is 39.4 Å². The molecule has 0 aliphatic carbocycles. The molecule has 1 fully saturated rings. The summed E-state index contributed by atoms with van der Waals surface area (Å²) in [6.07, 6.45) is 1.20. The molecule has 1 aliphatic rings. The van der Waals surface area contributed by atoms with E-state index >= 15 is 0 Å². The molecule has 0 aromatic carbocycles. The topological polar surface area (TPSA) is 24.5 Å². The van der Waals surface area contributed by atoms with E-state index in [1.54, 1.807) is 0 Å². The van der Waals surface area contributed by atoms with E-state index < -0.39 is 0 Å². The highest BCUT2D eigenvalue weighted by atomic mass is 16.5. The van der Waals surface area contributed by atoms with Crippen LogP contribution in [0.5, 0.6) is 0 Å². The van der Waals surface area contributed by atoms with Crippen LogP contribution in [0.3, 0.4) is 0 Å². The highest BCUT2D eigenvalue weighted by Gasteiger charge is 2.22. The van der Waals surface area contributed by atoms with Crippen molar-refractivity contribution in [1.29, 1.82) is 0 Å². The molecule has 1 N–H and O–H groups in total. The van der Waals surface area contributed by atoms with Gasteiger partial charge in [0.05, 0.1) is 13.2 Å². The molecule has 3 heteroatoms. The lowest BCUT2D eigenvalue weighted by molar-refractivity contribution is -0.0143. The summed E-state index contributed by atoms with van der Waals surface area (Å²) in [5.41, 5.74) is 0. The van der Waals surface area contributed by atoms with E-state index in [1.165, 1.54) is 13.0 Å². The van der Waals surface area contributed by atoms with Crippen LogP contribution in [-0.4, -0.2) is 50.3 Å². The van der Waals surface area contributed by atoms with Gasteiger partial charge in [0.25, 0.3) is 0 Å². The molecule has 0 aromatic heterocycles. The SMILES string of the molecule is CCC1COCCN1CC(C)CNCC(C)C. The Morgan fingerprint density at radius 3 is 2.71 bits per heavy atom. The van der Waals surface area contributed by atoms with Gasteiger partial charge in [-0.15, -0.1) is 0 Å². The second-order valence-electron chi connectivity index (χ2n) is 5.79. The van der Waals surface area contributed by atoms with Crippen LogP contribution >= 0.6 is 0 Å². The van der Waals surface area contributed by atoms with Gasteiger partial charge in [-0.2, -0.15) is 0 Å². The third-order valence-electron chi connectivity index (χ3n) is 3.41. The monoisotopic (exact) mass is 242 g/mol. The Morgan fingerprint density at radius 1 is 1.29 bits per heavy atom. The summed E-state index contributed by atoms with van der Waals surface area (Å²) < 4.78 is 5.54. The minimum Gasteiger partial charge on any atom is -0.378 e. The van der Waals surface area contributed by atoms with Crippen molar-refractivity contribution in [2.45, 2.75) is 40.2 Å². The van der Waals surface area contributed by atoms with Crippen LogP contribution in [0.15, 0.2) is 0 Å². The zero-order valence-electron chi connectivity index (χ0n) is 12.0. The molecule has 17 heavy (non-hydrogen) atoms. The van der Waals surface area contributed by atoms with E-state index in [0.717, 1.165) is 44.7 Å². The zero-order chi connectivity index (χ0) is 12.7. The van der Waals surface area contributed by atoms with E-state index in [9.17, 15) is 0 Å². The summed E-state index contributed by atoms with van der Waals surface area (Å²) >= 11 is 0. The normalized spacial score (nSPS) is 24.2. The molecule has 0 saturated carbocycles. The van der Waals surface area contributed by atoms with Crippen LogP contribution in [0.1, 0.15) is 34.1 Å². The van der Waals surface area contributed by atoms with Gasteiger partial charge in [0.15, 0.2) is 0 Å². The van der Waals surface area contributed by atoms with Crippen molar-refractivity contribution in [3.63, 3.8) is 0 Å². The highest BCUT2D eigenvalue weighted by molar-refractivity contribution is 4.76. The van der Waals surface area contributed by atoms with Crippen molar-refractivity contribution in [3.05, 3.63) is 0 Å². The van der Waals surface area contributed by atoms with Gasteiger partial charge in [0.1, 0.15) is 0 Å². The number of nitrogens with one attached hydrogen (secondary N) is 1. The molecule has 1 rings (SSSR count). The second-order valence-corrected chi connectivity index (χ2v) is 5.79. The summed E-state index contributed by atoms with van der Waals surface area (Å²) in [5.74, 6) is 1.47. The highest BCUT2D eigenvalue weighted by Crippen LogP contribution is 2.12. The Bertz CT molecular complexity index is 197. The van der Waals surface area contributed by atoms with E-state index in [1.807, 2.05) is 0 Å². The Morgan fingerprint density at radius 2 is 2.06 bits per heavy atom. The van der Waals surface area contributed by atoms with E-state index in [4.69, 9.17) is 4.74 Å². The second kappa shape index (κ2) is 8.06. The molecule has 1 heterocycles. The summed E-state index contributed by atoms with van der Waals surface area (Å²) in [4.78, 5) is 2.60. The van der Waals surface area contributed by atoms with Gasteiger partial charge in [-0.3, -0.25) is 4.90 Å². The van der Waals surface area contributed by atoms with E-state index in [0.29, 0.717) is 6.04 Å². The third-order valence-corrected chi connectivity index (χ3v) is 3.41. The van der Waals surface area contributed by atoms with Gasteiger partial charge < -0.3 is 10.1 Å². The Kier molecular flexibility index (Phi) is 7.09. The first-order valence-electron chi connectivity index (χ1n) is 7.16. The molecular weight excluding hydrogens is 212 g/mol. The quantitative estimate of drug-likeness (QED) is 0.739. The smallest absolute Gasteiger partial charge is 0.0622 e. The first-order chi connectivity index (χ1) is 8.13. The van der Waals surface area contributed by atoms with Crippen molar-refractivity contribution in [2.24, 2.45) is 11.8 Å². The number of nitrogens with zero attached hydrogens (tertiary/aromatic N) is 1. The lowest BCUT2D eigenvalue weighted by atomic mass is 10.1. The fourth-order valence-electron chi connectivity index (χ4n) is 2.39. The molecule has 2 unspecified atom stereocenters. The Balaban J connectivity index is 2.21. The lowest BCUT2D eigenvalue weighted by Crippen LogP contribution is -2.47. The summed E-state index contributed by atoms with van der Waals surface area (Å²) in [7, 11) is 0. The van der Waals surface area contributed by atoms with Crippen LogP contribution in [0, 0.1) is 11.8 Å². The lowest BCUT2D eigenvalue weighted by Gasteiger charge is -2.36. The van der Waals surface area contributed by atoms with Gasteiger partial charge in [0, 0.05) is 19.1 Å². The molecular formula is C14H30N2O. The maximum atomic E-state index is 5.54. The van der Waals surface area contributed by atoms with Crippen LogP contribution in [0.2, 0.25) is 0 Å². The first-order valence-corrected chi connectivity index (χ1v) is 7.16. The van der Waals surface area contributed by atoms with Crippen LogP contribution < -0.4 is 5.32 Å². The number of morpholine rings is 1. The van der Waals surface area contributed by atoms with Crippen LogP contribution in [0.4, 0.5) is 0 Å². The fraction of sp³-hybridized carbons (Fsp3) is 1.00. The zero-order valence-corrected chi connectivity index (χ0v) is 12.0. The molecule has 1 saturated heterocycles.